The molecule has 0 radical (unpaired) electrons. The molecule has 1 N–H and O–H groups in total. The second-order valence-electron chi connectivity index (χ2n) is 4.65. The highest BCUT2D eigenvalue weighted by atomic mass is 19.3. The Morgan fingerprint density at radius 1 is 1.45 bits per heavy atom. The average Bonchev–Trinajstić information content (AvgIpc) is 2.88. The molecule has 0 spiro atoms. The summed E-state index contributed by atoms with van der Waals surface area (Å²) in [5.41, 5.74) is 0. The zero-order valence-corrected chi connectivity index (χ0v) is 10.6. The lowest BCUT2D eigenvalue weighted by molar-refractivity contribution is -0.168. The minimum Gasteiger partial charge on any atom is -0.367 e. The summed E-state index contributed by atoms with van der Waals surface area (Å²) >= 11 is 0. The highest BCUT2D eigenvalue weighted by molar-refractivity contribution is 4.96. The van der Waals surface area contributed by atoms with Gasteiger partial charge in [-0.05, 0) is 19.4 Å². The molecule has 0 aliphatic carbocycles. The molecule has 1 aromatic rings. The maximum Gasteiger partial charge on any atom is 0.330 e. The van der Waals surface area contributed by atoms with Crippen LogP contribution in [0.4, 0.5) is 17.6 Å². The predicted molar refractivity (Wildman–Crippen MR) is 59.7 cm³/mol. The van der Waals surface area contributed by atoms with E-state index in [1.54, 1.807) is 0 Å². The monoisotopic (exact) mass is 297 g/mol. The van der Waals surface area contributed by atoms with Crippen LogP contribution in [-0.4, -0.2) is 42.2 Å². The number of rotatable bonds is 6. The van der Waals surface area contributed by atoms with Gasteiger partial charge >= 0.3 is 12.3 Å². The van der Waals surface area contributed by atoms with Crippen molar-refractivity contribution in [3.05, 3.63) is 11.7 Å². The smallest absolute Gasteiger partial charge is 0.330 e. The lowest BCUT2D eigenvalue weighted by Crippen LogP contribution is -2.32. The molecular weight excluding hydrogens is 282 g/mol. The van der Waals surface area contributed by atoms with Crippen LogP contribution in [0.3, 0.4) is 0 Å². The SMILES string of the molecule is FC(F)C(F)(F)COCc1noc([C@@H]2CCCNC2)n1. The van der Waals surface area contributed by atoms with Crippen molar-refractivity contribution < 1.29 is 26.8 Å². The second-order valence-corrected chi connectivity index (χ2v) is 4.65. The molecule has 5 nitrogen and oxygen atoms in total. The van der Waals surface area contributed by atoms with Gasteiger partial charge in [0, 0.05) is 6.54 Å². The van der Waals surface area contributed by atoms with Gasteiger partial charge < -0.3 is 14.6 Å². The molecule has 2 rings (SSSR count). The molecular formula is C11H15F4N3O2. The van der Waals surface area contributed by atoms with Gasteiger partial charge in [-0.25, -0.2) is 8.78 Å². The predicted octanol–water partition coefficient (Wildman–Crippen LogP) is 1.95. The van der Waals surface area contributed by atoms with Gasteiger partial charge in [0.25, 0.3) is 0 Å². The number of hydrogen-bond donors (Lipinski definition) is 1. The van der Waals surface area contributed by atoms with E-state index in [-0.39, 0.29) is 18.3 Å². The maximum absolute atomic E-state index is 12.6. The molecule has 1 fully saturated rings. The van der Waals surface area contributed by atoms with Crippen LogP contribution in [0.2, 0.25) is 0 Å². The number of halogens is 4. The molecule has 1 aromatic heterocycles. The summed E-state index contributed by atoms with van der Waals surface area (Å²) in [6.07, 6.45) is -1.87. The van der Waals surface area contributed by atoms with Gasteiger partial charge in [-0.2, -0.15) is 13.8 Å². The average molecular weight is 297 g/mol. The highest BCUT2D eigenvalue weighted by Crippen LogP contribution is 2.24. The summed E-state index contributed by atoms with van der Waals surface area (Å²) in [4.78, 5) is 4.02. The minimum atomic E-state index is -4.17. The summed E-state index contributed by atoms with van der Waals surface area (Å²) in [5, 5.41) is 6.76. The number of alkyl halides is 4. The Hall–Kier alpha value is -1.22. The Bertz CT molecular complexity index is 422. The van der Waals surface area contributed by atoms with Crippen molar-refractivity contribution in [2.45, 2.75) is 37.7 Å². The zero-order valence-electron chi connectivity index (χ0n) is 10.6. The Balaban J connectivity index is 1.81. The van der Waals surface area contributed by atoms with Crippen molar-refractivity contribution in [1.29, 1.82) is 0 Å². The van der Waals surface area contributed by atoms with E-state index >= 15 is 0 Å². The summed E-state index contributed by atoms with van der Waals surface area (Å²) in [7, 11) is 0. The molecule has 20 heavy (non-hydrogen) atoms. The zero-order chi connectivity index (χ0) is 14.6. The van der Waals surface area contributed by atoms with Crippen LogP contribution in [0.5, 0.6) is 0 Å². The molecule has 114 valence electrons. The first-order valence-electron chi connectivity index (χ1n) is 6.26. The van der Waals surface area contributed by atoms with Gasteiger partial charge in [-0.3, -0.25) is 0 Å². The van der Waals surface area contributed by atoms with E-state index in [4.69, 9.17) is 4.52 Å². The normalized spacial score (nSPS) is 20.6. The first-order chi connectivity index (χ1) is 9.49. The fourth-order valence-electron chi connectivity index (χ4n) is 1.90. The van der Waals surface area contributed by atoms with Crippen LogP contribution >= 0.6 is 0 Å². The summed E-state index contributed by atoms with van der Waals surface area (Å²) in [6.45, 7) is -0.110. The van der Waals surface area contributed by atoms with Crippen molar-refractivity contribution in [3.63, 3.8) is 0 Å². The molecule has 1 atom stereocenters. The molecule has 1 aliphatic rings. The Morgan fingerprint density at radius 2 is 2.25 bits per heavy atom. The largest absolute Gasteiger partial charge is 0.367 e. The Labute approximate surface area is 112 Å². The van der Waals surface area contributed by atoms with Crippen molar-refractivity contribution in [2.75, 3.05) is 19.7 Å². The summed E-state index contributed by atoms with van der Waals surface area (Å²) in [5.74, 6) is -3.58. The topological polar surface area (TPSA) is 60.2 Å². The van der Waals surface area contributed by atoms with E-state index in [1.807, 2.05) is 0 Å². The molecule has 0 amide bonds. The van der Waals surface area contributed by atoms with Crippen LogP contribution in [0, 0.1) is 0 Å². The van der Waals surface area contributed by atoms with Gasteiger partial charge in [-0.15, -0.1) is 0 Å². The quantitative estimate of drug-likeness (QED) is 0.813. The summed E-state index contributed by atoms with van der Waals surface area (Å²) in [6, 6.07) is 0. The molecule has 9 heteroatoms. The fraction of sp³-hybridized carbons (Fsp3) is 0.818. The van der Waals surface area contributed by atoms with Crippen LogP contribution in [-0.2, 0) is 11.3 Å². The summed E-state index contributed by atoms with van der Waals surface area (Å²) < 4.78 is 58.5. The first kappa shape index (κ1) is 15.2. The third-order valence-electron chi connectivity index (χ3n) is 2.97. The van der Waals surface area contributed by atoms with E-state index in [0.29, 0.717) is 12.4 Å². The number of hydrogen-bond acceptors (Lipinski definition) is 5. The number of nitrogens with one attached hydrogen (secondary N) is 1. The first-order valence-corrected chi connectivity index (χ1v) is 6.26. The number of aromatic nitrogens is 2. The standard InChI is InChI=1S/C11H15F4N3O2/c12-10(13)11(14,15)6-19-5-8-17-9(20-18-8)7-2-1-3-16-4-7/h7,10,16H,1-6H2/t7-/m1/s1. The van der Waals surface area contributed by atoms with Crippen LogP contribution in [0.15, 0.2) is 4.52 Å². The van der Waals surface area contributed by atoms with E-state index in [1.165, 1.54) is 0 Å². The van der Waals surface area contributed by atoms with Crippen LogP contribution in [0.1, 0.15) is 30.5 Å². The number of piperidine rings is 1. The molecule has 0 aromatic carbocycles. The van der Waals surface area contributed by atoms with Crippen molar-refractivity contribution >= 4 is 0 Å². The molecule has 0 bridgehead atoms. The van der Waals surface area contributed by atoms with Gasteiger partial charge in [0.2, 0.25) is 5.89 Å². The van der Waals surface area contributed by atoms with E-state index in [9.17, 15) is 17.6 Å². The Kier molecular flexibility index (Phi) is 4.92. The number of ether oxygens (including phenoxy) is 1. The van der Waals surface area contributed by atoms with Crippen molar-refractivity contribution in [1.82, 2.24) is 15.5 Å². The molecule has 0 saturated carbocycles. The fourth-order valence-corrected chi connectivity index (χ4v) is 1.90. The van der Waals surface area contributed by atoms with E-state index < -0.39 is 19.0 Å². The van der Waals surface area contributed by atoms with Crippen molar-refractivity contribution in [3.8, 4) is 0 Å². The third kappa shape index (κ3) is 3.89. The molecule has 0 unspecified atom stereocenters. The van der Waals surface area contributed by atoms with Gasteiger partial charge in [0.15, 0.2) is 5.82 Å². The Morgan fingerprint density at radius 3 is 2.90 bits per heavy atom. The van der Waals surface area contributed by atoms with Crippen LogP contribution < -0.4 is 5.32 Å². The lowest BCUT2D eigenvalue weighted by atomic mass is 10.00. The van der Waals surface area contributed by atoms with Gasteiger partial charge in [0.05, 0.1) is 5.92 Å². The van der Waals surface area contributed by atoms with Crippen LogP contribution in [0.25, 0.3) is 0 Å². The third-order valence-corrected chi connectivity index (χ3v) is 2.97. The minimum absolute atomic E-state index is 0.0793. The molecule has 1 aliphatic heterocycles. The number of nitrogens with zero attached hydrogens (tertiary/aromatic N) is 2. The maximum atomic E-state index is 12.6. The molecule has 1 saturated heterocycles. The lowest BCUT2D eigenvalue weighted by Gasteiger charge is -2.18. The van der Waals surface area contributed by atoms with Gasteiger partial charge in [-0.1, -0.05) is 5.16 Å². The van der Waals surface area contributed by atoms with Gasteiger partial charge in [0.1, 0.15) is 13.2 Å². The van der Waals surface area contributed by atoms with Crippen molar-refractivity contribution in [2.24, 2.45) is 0 Å². The molecule has 2 heterocycles. The van der Waals surface area contributed by atoms with E-state index in [0.717, 1.165) is 19.4 Å². The second kappa shape index (κ2) is 6.49. The highest BCUT2D eigenvalue weighted by Gasteiger charge is 2.41. The van der Waals surface area contributed by atoms with E-state index in [2.05, 4.69) is 20.2 Å².